The second-order valence-electron chi connectivity index (χ2n) is 3.12. The Morgan fingerprint density at radius 3 is 1.00 bits per heavy atom. The highest BCUT2D eigenvalue weighted by Crippen LogP contribution is 2.16. The van der Waals surface area contributed by atoms with Gasteiger partial charge >= 0.3 is 0 Å². The van der Waals surface area contributed by atoms with Gasteiger partial charge in [0.05, 0.1) is 7.05 Å². The van der Waals surface area contributed by atoms with Gasteiger partial charge in [0.1, 0.15) is 0 Å². The van der Waals surface area contributed by atoms with Crippen molar-refractivity contribution in [2.75, 3.05) is 7.05 Å². The first kappa shape index (κ1) is 14.4. The van der Waals surface area contributed by atoms with E-state index in [9.17, 15) is 15.3 Å². The molecule has 0 saturated carbocycles. The van der Waals surface area contributed by atoms with Crippen LogP contribution >= 0.6 is 0 Å². The molecule has 0 aromatic heterocycles. The summed E-state index contributed by atoms with van der Waals surface area (Å²) < 4.78 is -0.167. The average Bonchev–Trinajstić information content (AvgIpc) is 1.84. The molecule has 72 valence electrons. The van der Waals surface area contributed by atoms with Crippen molar-refractivity contribution in [3.63, 3.8) is 0 Å². The van der Waals surface area contributed by atoms with E-state index in [2.05, 4.69) is 0 Å². The van der Waals surface area contributed by atoms with Crippen LogP contribution in [0.4, 0.5) is 0 Å². The molecule has 0 saturated heterocycles. The van der Waals surface area contributed by atoms with E-state index in [1.807, 2.05) is 0 Å². The molecule has 0 rings (SSSR count). The Labute approximate surface area is 75.6 Å². The van der Waals surface area contributed by atoms with Gasteiger partial charge in [0, 0.05) is 20.8 Å². The Balaban J connectivity index is 0. The summed E-state index contributed by atoms with van der Waals surface area (Å²) in [5.74, 6) is 0. The molecule has 0 amide bonds. The highest BCUT2D eigenvalue weighted by Gasteiger charge is 2.37. The van der Waals surface area contributed by atoms with Crippen LogP contribution in [-0.4, -0.2) is 53.9 Å². The largest absolute Gasteiger partial charge is 1.00 e. The van der Waals surface area contributed by atoms with Crippen molar-refractivity contribution in [3.8, 4) is 0 Å². The zero-order chi connectivity index (χ0) is 9.23. The molecule has 0 aliphatic rings. The third kappa shape index (κ3) is 2.45. The van der Waals surface area contributed by atoms with Crippen LogP contribution < -0.4 is 0 Å². The van der Waals surface area contributed by atoms with Gasteiger partial charge in [0.2, 0.25) is 0 Å². The van der Waals surface area contributed by atoms with Crippen molar-refractivity contribution >= 4 is 8.41 Å². The fourth-order valence-corrected chi connectivity index (χ4v) is 0.937. The zero-order valence-electron chi connectivity index (χ0n) is 8.10. The van der Waals surface area contributed by atoms with Crippen molar-refractivity contribution in [1.82, 2.24) is 0 Å². The van der Waals surface area contributed by atoms with Crippen LogP contribution in [0.1, 0.15) is 20.8 Å². The lowest BCUT2D eigenvalue weighted by Gasteiger charge is -2.41. The van der Waals surface area contributed by atoms with Gasteiger partial charge in [-0.2, -0.15) is 0 Å². The quantitative estimate of drug-likeness (QED) is 0.295. The Kier molecular flexibility index (Phi) is 5.79. The monoisotopic (exact) mass is 175 g/mol. The minimum atomic E-state index is -0.782. The highest BCUT2D eigenvalue weighted by atomic mass is 16.4. The number of nitrogens with zero attached hydrogens (tertiary/aromatic N) is 1. The summed E-state index contributed by atoms with van der Waals surface area (Å²) >= 11 is 0. The summed E-state index contributed by atoms with van der Waals surface area (Å²) in [6, 6.07) is 0. The second-order valence-corrected chi connectivity index (χ2v) is 3.12. The minimum Gasteiger partial charge on any atom is -1.00 e. The van der Waals surface area contributed by atoms with Crippen molar-refractivity contribution in [1.29, 1.82) is 0 Å². The number of rotatable bonds is 3. The van der Waals surface area contributed by atoms with Gasteiger partial charge in [0.25, 0.3) is 0 Å². The first-order valence-electron chi connectivity index (χ1n) is 3.73. The first-order chi connectivity index (χ1) is 4.83. The lowest BCUT2D eigenvalue weighted by atomic mass is 10.3. The van der Waals surface area contributed by atoms with Gasteiger partial charge in [-0.05, 0) is 0 Å². The molecule has 0 aromatic carbocycles. The van der Waals surface area contributed by atoms with E-state index in [1.54, 1.807) is 27.8 Å². The van der Waals surface area contributed by atoms with Crippen molar-refractivity contribution < 1.29 is 19.8 Å². The van der Waals surface area contributed by atoms with E-state index in [-0.39, 0.29) is 12.9 Å². The third-order valence-corrected chi connectivity index (χ3v) is 2.42. The van der Waals surface area contributed by atoms with Gasteiger partial charge in [-0.25, -0.2) is 0 Å². The van der Waals surface area contributed by atoms with E-state index < -0.39 is 18.7 Å². The second kappa shape index (κ2) is 4.82. The fraction of sp³-hybridized carbons (Fsp3) is 1.00. The van der Waals surface area contributed by atoms with E-state index >= 15 is 0 Å². The molecule has 12 heavy (non-hydrogen) atoms. The van der Waals surface area contributed by atoms with Crippen LogP contribution in [0.5, 0.6) is 0 Å². The van der Waals surface area contributed by atoms with Crippen LogP contribution in [0.15, 0.2) is 0 Å². The topological polar surface area (TPSA) is 60.7 Å². The molecule has 0 aromatic rings. The molecule has 4 radical (unpaired) electrons. The maximum Gasteiger partial charge on any atom is 0.191 e. The standard InChI is InChI=1S/C7H18NO3.B/c1-5(9)8(4,6(2)10)7(3)11;/h5-7,9-11H,1-4H3;/q+1;-1. The summed E-state index contributed by atoms with van der Waals surface area (Å²) in [5, 5.41) is 27.8. The molecular weight excluding hydrogens is 157 g/mol. The molecule has 0 fully saturated rings. The normalized spacial score (nSPS) is 23.2. The third-order valence-electron chi connectivity index (χ3n) is 2.42. The molecule has 4 nitrogen and oxygen atoms in total. The van der Waals surface area contributed by atoms with Crippen molar-refractivity contribution in [3.05, 3.63) is 0 Å². The highest BCUT2D eigenvalue weighted by molar-refractivity contribution is 5.75. The lowest BCUT2D eigenvalue weighted by molar-refractivity contribution is -1.03. The Bertz CT molecular complexity index is 106. The maximum atomic E-state index is 9.26. The molecule has 0 spiro atoms. The van der Waals surface area contributed by atoms with Gasteiger partial charge in [-0.3, -0.25) is 4.48 Å². The number of aliphatic hydroxyl groups is 3. The van der Waals surface area contributed by atoms with E-state index in [1.165, 1.54) is 0 Å². The summed E-state index contributed by atoms with van der Waals surface area (Å²) in [7, 11) is 1.60. The van der Waals surface area contributed by atoms with E-state index in [4.69, 9.17) is 0 Å². The van der Waals surface area contributed by atoms with Crippen LogP contribution in [0, 0.1) is 0 Å². The predicted octanol–water partition coefficient (Wildman–Crippen LogP) is -0.933. The van der Waals surface area contributed by atoms with Crippen LogP contribution in [0.2, 0.25) is 0 Å². The molecule has 3 atom stereocenters. The van der Waals surface area contributed by atoms with Gasteiger partial charge in [-0.15, -0.1) is 0 Å². The first-order valence-corrected chi connectivity index (χ1v) is 3.73. The molecule has 5 heteroatoms. The maximum absolute atomic E-state index is 9.26. The predicted molar refractivity (Wildman–Crippen MR) is 47.0 cm³/mol. The number of quaternary nitrogens is 1. The molecule has 0 bridgehead atoms. The van der Waals surface area contributed by atoms with Gasteiger partial charge < -0.3 is 23.7 Å². The number of hydrogen-bond donors (Lipinski definition) is 3. The molecule has 0 aliphatic heterocycles. The van der Waals surface area contributed by atoms with Crippen molar-refractivity contribution in [2.24, 2.45) is 0 Å². The molecular formula is C7H18BNO3. The van der Waals surface area contributed by atoms with Gasteiger partial charge in [-0.1, -0.05) is 0 Å². The lowest BCUT2D eigenvalue weighted by Crippen LogP contribution is -2.61. The Hall–Kier alpha value is -0.0951. The molecule has 0 aliphatic carbocycles. The van der Waals surface area contributed by atoms with Gasteiger partial charge in [0.15, 0.2) is 18.7 Å². The van der Waals surface area contributed by atoms with Crippen LogP contribution in [0.25, 0.3) is 0 Å². The summed E-state index contributed by atoms with van der Waals surface area (Å²) in [6.45, 7) is 4.62. The summed E-state index contributed by atoms with van der Waals surface area (Å²) in [4.78, 5) is 0. The minimum absolute atomic E-state index is 0. The summed E-state index contributed by atoms with van der Waals surface area (Å²) in [6.07, 6.45) is -2.35. The number of aliphatic hydroxyl groups excluding tert-OH is 3. The van der Waals surface area contributed by atoms with Crippen molar-refractivity contribution in [2.45, 2.75) is 39.5 Å². The Morgan fingerprint density at radius 1 is 0.833 bits per heavy atom. The SMILES string of the molecule is CC(O)[N+](C)(C(C)O)C(C)O.[B-]. The summed E-state index contributed by atoms with van der Waals surface area (Å²) in [5.41, 5.74) is 0. The molecule has 3 unspecified atom stereocenters. The zero-order valence-corrected chi connectivity index (χ0v) is 8.10. The molecule has 3 N–H and O–H groups in total. The number of hydrogen-bond acceptors (Lipinski definition) is 3. The van der Waals surface area contributed by atoms with E-state index in [0.29, 0.717) is 0 Å². The molecule has 0 heterocycles. The van der Waals surface area contributed by atoms with E-state index in [0.717, 1.165) is 0 Å². The van der Waals surface area contributed by atoms with Crippen LogP contribution in [-0.2, 0) is 0 Å². The smallest absolute Gasteiger partial charge is 0.191 e. The average molecular weight is 175 g/mol. The Morgan fingerprint density at radius 2 is 1.00 bits per heavy atom. The fourth-order valence-electron chi connectivity index (χ4n) is 0.937. The van der Waals surface area contributed by atoms with Crippen LogP contribution in [0.3, 0.4) is 0 Å².